The number of nitriles is 1. The van der Waals surface area contributed by atoms with Crippen LogP contribution >= 0.6 is 0 Å². The van der Waals surface area contributed by atoms with E-state index in [2.05, 4.69) is 4.98 Å². The third-order valence-corrected chi connectivity index (χ3v) is 2.53. The number of fused-ring (bicyclic) bond motifs is 1. The number of pyridine rings is 1. The summed E-state index contributed by atoms with van der Waals surface area (Å²) in [4.78, 5) is 15.9. The van der Waals surface area contributed by atoms with Gasteiger partial charge in [0.1, 0.15) is 5.65 Å². The smallest absolute Gasteiger partial charge is 0.356 e. The van der Waals surface area contributed by atoms with E-state index < -0.39 is 5.97 Å². The van der Waals surface area contributed by atoms with Crippen LogP contribution in [0.3, 0.4) is 0 Å². The first-order valence-corrected chi connectivity index (χ1v) is 5.94. The zero-order valence-electron chi connectivity index (χ0n) is 10.5. The summed E-state index contributed by atoms with van der Waals surface area (Å²) < 4.78 is 6.66. The van der Waals surface area contributed by atoms with Gasteiger partial charge in [-0.15, -0.1) is 0 Å². The van der Waals surface area contributed by atoms with E-state index in [0.717, 1.165) is 5.56 Å². The molecule has 0 N–H and O–H groups in total. The first kappa shape index (κ1) is 12.8. The fourth-order valence-electron chi connectivity index (χ4n) is 1.70. The van der Waals surface area contributed by atoms with Crippen molar-refractivity contribution in [2.75, 3.05) is 6.61 Å². The molecule has 0 atom stereocenters. The van der Waals surface area contributed by atoms with Gasteiger partial charge in [0.15, 0.2) is 5.69 Å². The molecule has 0 saturated carbocycles. The van der Waals surface area contributed by atoms with Crippen LogP contribution in [-0.2, 0) is 4.74 Å². The minimum Gasteiger partial charge on any atom is -0.461 e. The number of hydrogen-bond acceptors (Lipinski definition) is 4. The topological polar surface area (TPSA) is 67.4 Å². The van der Waals surface area contributed by atoms with Crippen molar-refractivity contribution < 1.29 is 9.53 Å². The van der Waals surface area contributed by atoms with Gasteiger partial charge in [0, 0.05) is 6.20 Å². The summed E-state index contributed by atoms with van der Waals surface area (Å²) in [6.07, 6.45) is 7.24. The molecule has 96 valence electrons. The second-order valence-electron chi connectivity index (χ2n) is 3.82. The number of hydrogen-bond donors (Lipinski definition) is 0. The average Bonchev–Trinajstić information content (AvgIpc) is 2.82. The molecular weight excluding hydrogens is 242 g/mol. The Bertz CT molecular complexity index is 665. The zero-order valence-corrected chi connectivity index (χ0v) is 10.5. The van der Waals surface area contributed by atoms with E-state index in [9.17, 15) is 4.79 Å². The maximum absolute atomic E-state index is 11.7. The molecule has 0 fully saturated rings. The molecule has 0 unspecified atom stereocenters. The number of imidazole rings is 1. The first-order valence-electron chi connectivity index (χ1n) is 5.94. The maximum atomic E-state index is 11.7. The second kappa shape index (κ2) is 5.83. The van der Waals surface area contributed by atoms with Crippen LogP contribution in [0.15, 0.2) is 30.6 Å². The average molecular weight is 255 g/mol. The molecule has 19 heavy (non-hydrogen) atoms. The monoisotopic (exact) mass is 255 g/mol. The van der Waals surface area contributed by atoms with Gasteiger partial charge in [-0.25, -0.2) is 9.78 Å². The molecule has 0 aliphatic heterocycles. The molecule has 0 saturated heterocycles. The van der Waals surface area contributed by atoms with E-state index in [1.54, 1.807) is 23.6 Å². The van der Waals surface area contributed by atoms with Crippen molar-refractivity contribution in [3.05, 3.63) is 41.9 Å². The van der Waals surface area contributed by atoms with Crippen LogP contribution in [0.2, 0.25) is 0 Å². The minimum atomic E-state index is -0.395. The Kier molecular flexibility index (Phi) is 3.94. The number of carbonyl (C=O) groups excluding carboxylic acids is 1. The van der Waals surface area contributed by atoms with Crippen molar-refractivity contribution in [3.63, 3.8) is 0 Å². The number of allylic oxidation sites excluding steroid dienone is 1. The third-order valence-electron chi connectivity index (χ3n) is 2.53. The second-order valence-corrected chi connectivity index (χ2v) is 3.82. The molecule has 2 aromatic heterocycles. The largest absolute Gasteiger partial charge is 0.461 e. The lowest BCUT2D eigenvalue weighted by Crippen LogP contribution is -2.07. The molecule has 0 bridgehead atoms. The quantitative estimate of drug-likeness (QED) is 0.787. The van der Waals surface area contributed by atoms with Crippen molar-refractivity contribution >= 4 is 17.7 Å². The van der Waals surface area contributed by atoms with Crippen LogP contribution in [0.1, 0.15) is 29.4 Å². The lowest BCUT2D eigenvalue weighted by atomic mass is 10.2. The third kappa shape index (κ3) is 2.80. The highest BCUT2D eigenvalue weighted by molar-refractivity contribution is 5.88. The summed E-state index contributed by atoms with van der Waals surface area (Å²) in [6, 6.07) is 5.73. The molecule has 2 heterocycles. The highest BCUT2D eigenvalue weighted by Gasteiger charge is 2.12. The molecular formula is C14H13N3O2. The Hall–Kier alpha value is -2.61. The van der Waals surface area contributed by atoms with Gasteiger partial charge in [-0.3, -0.25) is 4.40 Å². The minimum absolute atomic E-state index is 0.327. The summed E-state index contributed by atoms with van der Waals surface area (Å²) in [5.41, 5.74) is 1.97. The summed E-state index contributed by atoms with van der Waals surface area (Å²) in [6.45, 7) is 2.09. The summed E-state index contributed by atoms with van der Waals surface area (Å²) in [5, 5.41) is 8.48. The van der Waals surface area contributed by atoms with Gasteiger partial charge in [-0.1, -0.05) is 12.2 Å². The van der Waals surface area contributed by atoms with E-state index in [0.29, 0.717) is 24.4 Å². The van der Waals surface area contributed by atoms with E-state index in [1.807, 2.05) is 24.3 Å². The molecule has 0 aromatic carbocycles. The number of esters is 1. The number of rotatable bonds is 4. The Morgan fingerprint density at radius 2 is 2.42 bits per heavy atom. The lowest BCUT2D eigenvalue weighted by Gasteiger charge is -2.02. The lowest BCUT2D eigenvalue weighted by molar-refractivity contribution is 0.0518. The molecule has 5 nitrogen and oxygen atoms in total. The van der Waals surface area contributed by atoms with Gasteiger partial charge in [-0.2, -0.15) is 5.26 Å². The molecule has 0 spiro atoms. The highest BCUT2D eigenvalue weighted by atomic mass is 16.5. The van der Waals surface area contributed by atoms with Gasteiger partial charge in [-0.05, 0) is 24.6 Å². The van der Waals surface area contributed by atoms with Crippen molar-refractivity contribution in [3.8, 4) is 6.07 Å². The van der Waals surface area contributed by atoms with Crippen LogP contribution in [-0.4, -0.2) is 22.0 Å². The summed E-state index contributed by atoms with van der Waals surface area (Å²) in [5.74, 6) is -0.395. The Morgan fingerprint density at radius 1 is 1.58 bits per heavy atom. The van der Waals surface area contributed by atoms with Gasteiger partial charge in [0.25, 0.3) is 0 Å². The van der Waals surface area contributed by atoms with Crippen LogP contribution < -0.4 is 0 Å². The van der Waals surface area contributed by atoms with E-state index in [4.69, 9.17) is 10.00 Å². The van der Waals surface area contributed by atoms with Crippen LogP contribution in [0, 0.1) is 11.3 Å². The van der Waals surface area contributed by atoms with E-state index in [1.165, 1.54) is 6.20 Å². The molecule has 5 heteroatoms. The predicted octanol–water partition coefficient (Wildman–Crippen LogP) is 2.44. The van der Waals surface area contributed by atoms with Gasteiger partial charge < -0.3 is 4.74 Å². The molecule has 0 aliphatic rings. The number of aromatic nitrogens is 2. The number of ether oxygens (including phenoxy) is 1. The van der Waals surface area contributed by atoms with Crippen molar-refractivity contribution in [2.45, 2.75) is 13.3 Å². The van der Waals surface area contributed by atoms with Crippen LogP contribution in [0.5, 0.6) is 0 Å². The normalized spacial score (nSPS) is 10.7. The van der Waals surface area contributed by atoms with E-state index >= 15 is 0 Å². The summed E-state index contributed by atoms with van der Waals surface area (Å²) >= 11 is 0. The van der Waals surface area contributed by atoms with Crippen LogP contribution in [0.4, 0.5) is 0 Å². The molecule has 2 aromatic rings. The number of carbonyl (C=O) groups is 1. The van der Waals surface area contributed by atoms with Crippen molar-refractivity contribution in [2.24, 2.45) is 0 Å². The van der Waals surface area contributed by atoms with Crippen molar-refractivity contribution in [1.82, 2.24) is 9.38 Å². The highest BCUT2D eigenvalue weighted by Crippen LogP contribution is 2.11. The first-order chi connectivity index (χ1) is 9.26. The zero-order chi connectivity index (χ0) is 13.7. The predicted molar refractivity (Wildman–Crippen MR) is 70.4 cm³/mol. The Balaban J connectivity index is 2.37. The number of nitrogens with zero attached hydrogens (tertiary/aromatic N) is 3. The maximum Gasteiger partial charge on any atom is 0.356 e. The fraction of sp³-hybridized carbons (Fsp3) is 0.214. The Labute approximate surface area is 110 Å². The Morgan fingerprint density at radius 3 is 3.16 bits per heavy atom. The molecule has 2 rings (SSSR count). The molecule has 0 amide bonds. The van der Waals surface area contributed by atoms with Gasteiger partial charge >= 0.3 is 5.97 Å². The standard InChI is InChI=1S/C14H13N3O2/c1-2-19-14(18)12-9-16-13-7-6-11(10-17(12)13)5-3-4-8-15/h3,5-7,9-10H,2,4H2,1H3/b5-3+. The molecule has 0 aliphatic carbocycles. The fourth-order valence-corrected chi connectivity index (χ4v) is 1.70. The van der Waals surface area contributed by atoms with Crippen molar-refractivity contribution in [1.29, 1.82) is 5.26 Å². The van der Waals surface area contributed by atoms with Gasteiger partial charge in [0.05, 0.1) is 25.3 Å². The van der Waals surface area contributed by atoms with Crippen LogP contribution in [0.25, 0.3) is 11.7 Å². The van der Waals surface area contributed by atoms with Gasteiger partial charge in [0.2, 0.25) is 0 Å². The van der Waals surface area contributed by atoms with E-state index in [-0.39, 0.29) is 0 Å². The SMILES string of the molecule is CCOC(=O)c1cnc2ccc(/C=C/CC#N)cn12. The molecule has 0 radical (unpaired) electrons. The summed E-state index contributed by atoms with van der Waals surface area (Å²) in [7, 11) is 0.